The fourth-order valence-corrected chi connectivity index (χ4v) is 4.58. The number of nitrogens with one attached hydrogen (secondary N) is 1. The largest absolute Gasteiger partial charge is 0.346 e. The number of amides is 1. The fourth-order valence-electron chi connectivity index (χ4n) is 4.58. The lowest BCUT2D eigenvalue weighted by molar-refractivity contribution is -0.153. The Labute approximate surface area is 145 Å². The third-order valence-corrected chi connectivity index (χ3v) is 5.97. The van der Waals surface area contributed by atoms with E-state index < -0.39 is 11.8 Å². The number of aromatic nitrogens is 2. The number of piperidine rings is 1. The first-order chi connectivity index (χ1) is 12.1. The van der Waals surface area contributed by atoms with Crippen molar-refractivity contribution in [3.05, 3.63) is 30.1 Å². The van der Waals surface area contributed by atoms with Crippen molar-refractivity contribution in [3.8, 4) is 0 Å². The second kappa shape index (κ2) is 6.39. The Kier molecular flexibility index (Phi) is 4.21. The van der Waals surface area contributed by atoms with Gasteiger partial charge in [-0.15, -0.1) is 0 Å². The van der Waals surface area contributed by atoms with Crippen molar-refractivity contribution >= 4 is 16.9 Å². The van der Waals surface area contributed by atoms with E-state index in [0.29, 0.717) is 25.9 Å². The maximum absolute atomic E-state index is 13.7. The summed E-state index contributed by atoms with van der Waals surface area (Å²) in [5, 5.41) is 1.06. The van der Waals surface area contributed by atoms with Gasteiger partial charge in [-0.25, -0.2) is 13.8 Å². The van der Waals surface area contributed by atoms with Gasteiger partial charge in [0, 0.05) is 36.8 Å². The van der Waals surface area contributed by atoms with Crippen molar-refractivity contribution in [2.45, 2.75) is 50.9 Å². The monoisotopic (exact) mass is 347 g/mol. The van der Waals surface area contributed by atoms with Crippen LogP contribution in [0.1, 0.15) is 50.0 Å². The molecule has 1 amide bonds. The van der Waals surface area contributed by atoms with Gasteiger partial charge in [0.1, 0.15) is 11.1 Å². The number of hydrogen-bond donors (Lipinski definition) is 1. The summed E-state index contributed by atoms with van der Waals surface area (Å²) in [4.78, 5) is 22.2. The van der Waals surface area contributed by atoms with Crippen LogP contribution in [0.25, 0.3) is 11.0 Å². The molecule has 1 atom stereocenters. The Morgan fingerprint density at radius 3 is 2.88 bits per heavy atom. The molecule has 1 saturated heterocycles. The first kappa shape index (κ1) is 16.5. The zero-order chi connectivity index (χ0) is 17.4. The van der Waals surface area contributed by atoms with E-state index in [1.54, 1.807) is 11.1 Å². The molecule has 25 heavy (non-hydrogen) atoms. The topological polar surface area (TPSA) is 49.0 Å². The van der Waals surface area contributed by atoms with Gasteiger partial charge in [0.05, 0.1) is 0 Å². The number of fused-ring (bicyclic) bond motifs is 1. The molecular weight excluding hydrogens is 324 g/mol. The van der Waals surface area contributed by atoms with Crippen LogP contribution >= 0.6 is 0 Å². The minimum atomic E-state index is -2.57. The maximum Gasteiger partial charge on any atom is 0.252 e. The Morgan fingerprint density at radius 1 is 1.32 bits per heavy atom. The molecule has 0 bridgehead atoms. The number of halogens is 2. The van der Waals surface area contributed by atoms with E-state index in [0.717, 1.165) is 42.3 Å². The first-order valence-corrected chi connectivity index (χ1v) is 9.11. The summed E-state index contributed by atoms with van der Waals surface area (Å²) in [7, 11) is 0. The molecule has 1 N–H and O–H groups in total. The van der Waals surface area contributed by atoms with Gasteiger partial charge in [0.25, 0.3) is 6.43 Å². The minimum Gasteiger partial charge on any atom is -0.346 e. The van der Waals surface area contributed by atoms with Gasteiger partial charge in [-0.3, -0.25) is 4.79 Å². The summed E-state index contributed by atoms with van der Waals surface area (Å²) >= 11 is 0. The van der Waals surface area contributed by atoms with Crippen molar-refractivity contribution in [2.75, 3.05) is 13.1 Å². The lowest BCUT2D eigenvalue weighted by atomic mass is 9.83. The number of nitrogens with zero attached hydrogens (tertiary/aromatic N) is 2. The summed E-state index contributed by atoms with van der Waals surface area (Å²) in [6.45, 7) is 1.11. The van der Waals surface area contributed by atoms with E-state index in [-0.39, 0.29) is 11.8 Å². The van der Waals surface area contributed by atoms with Crippen molar-refractivity contribution in [3.63, 3.8) is 0 Å². The number of aromatic amines is 1. The number of hydrogen-bond acceptors (Lipinski definition) is 2. The molecule has 1 aliphatic heterocycles. The SMILES string of the molecule is O=C(N1CCCC(c2c[nH]c3ncccc23)C1)C1(C(F)F)CCCC1. The highest BCUT2D eigenvalue weighted by Crippen LogP contribution is 2.45. The van der Waals surface area contributed by atoms with E-state index in [1.165, 1.54) is 0 Å². The Hall–Kier alpha value is -1.98. The van der Waals surface area contributed by atoms with Gasteiger partial charge in [-0.2, -0.15) is 0 Å². The second-order valence-electron chi connectivity index (χ2n) is 7.40. The van der Waals surface area contributed by atoms with Crippen molar-refractivity contribution in [1.82, 2.24) is 14.9 Å². The average Bonchev–Trinajstić information content (AvgIpc) is 3.29. The predicted molar refractivity (Wildman–Crippen MR) is 91.6 cm³/mol. The standard InChI is InChI=1S/C19H23F2N3O/c20-17(21)19(7-1-2-8-19)18(25)24-10-4-5-13(12-24)15-11-23-16-14(15)6-3-9-22-16/h3,6,9,11,13,17H,1-2,4-5,7-8,10,12H2,(H,22,23). The molecule has 1 unspecified atom stereocenters. The van der Waals surface area contributed by atoms with Gasteiger partial charge in [0.2, 0.25) is 5.91 Å². The zero-order valence-corrected chi connectivity index (χ0v) is 14.2. The van der Waals surface area contributed by atoms with Gasteiger partial charge in [0.15, 0.2) is 0 Å². The van der Waals surface area contributed by atoms with E-state index >= 15 is 0 Å². The van der Waals surface area contributed by atoms with Crippen LogP contribution in [0.4, 0.5) is 8.78 Å². The maximum atomic E-state index is 13.7. The summed E-state index contributed by atoms with van der Waals surface area (Å²) in [6, 6.07) is 3.92. The molecule has 134 valence electrons. The molecule has 1 aliphatic carbocycles. The van der Waals surface area contributed by atoms with E-state index in [4.69, 9.17) is 0 Å². The molecule has 2 fully saturated rings. The molecule has 2 aromatic rings. The van der Waals surface area contributed by atoms with Crippen LogP contribution in [0.2, 0.25) is 0 Å². The number of likely N-dealkylation sites (tertiary alicyclic amines) is 1. The van der Waals surface area contributed by atoms with Crippen LogP contribution in [0.5, 0.6) is 0 Å². The number of pyridine rings is 1. The molecule has 2 aliphatic rings. The van der Waals surface area contributed by atoms with Crippen LogP contribution < -0.4 is 0 Å². The summed E-state index contributed by atoms with van der Waals surface area (Å²) in [6.07, 6.45) is 5.03. The van der Waals surface area contributed by atoms with E-state index in [2.05, 4.69) is 9.97 Å². The molecule has 4 rings (SSSR count). The number of carbonyl (C=O) groups excluding carboxylic acids is 1. The number of rotatable bonds is 3. The summed E-state index contributed by atoms with van der Waals surface area (Å²) in [5.41, 5.74) is 0.530. The van der Waals surface area contributed by atoms with Crippen molar-refractivity contribution in [2.24, 2.45) is 5.41 Å². The smallest absolute Gasteiger partial charge is 0.252 e. The molecule has 2 aromatic heterocycles. The highest BCUT2D eigenvalue weighted by atomic mass is 19.3. The zero-order valence-electron chi connectivity index (χ0n) is 14.2. The van der Waals surface area contributed by atoms with Gasteiger partial charge in [-0.05, 0) is 43.4 Å². The first-order valence-electron chi connectivity index (χ1n) is 9.11. The van der Waals surface area contributed by atoms with Gasteiger partial charge < -0.3 is 9.88 Å². The van der Waals surface area contributed by atoms with Crippen LogP contribution in [-0.2, 0) is 4.79 Å². The van der Waals surface area contributed by atoms with Crippen LogP contribution in [0, 0.1) is 5.41 Å². The molecule has 0 radical (unpaired) electrons. The van der Waals surface area contributed by atoms with Gasteiger partial charge in [-0.1, -0.05) is 12.8 Å². The average molecular weight is 347 g/mol. The van der Waals surface area contributed by atoms with Crippen LogP contribution in [0.15, 0.2) is 24.5 Å². The molecule has 3 heterocycles. The van der Waals surface area contributed by atoms with E-state index in [1.807, 2.05) is 18.3 Å². The van der Waals surface area contributed by atoms with Gasteiger partial charge >= 0.3 is 0 Å². The third kappa shape index (κ3) is 2.71. The number of carbonyl (C=O) groups is 1. The Balaban J connectivity index is 1.58. The molecule has 4 nitrogen and oxygen atoms in total. The molecule has 0 aromatic carbocycles. The third-order valence-electron chi connectivity index (χ3n) is 5.97. The highest BCUT2D eigenvalue weighted by molar-refractivity contribution is 5.84. The summed E-state index contributed by atoms with van der Waals surface area (Å²) < 4.78 is 27.4. The van der Waals surface area contributed by atoms with Crippen molar-refractivity contribution in [1.29, 1.82) is 0 Å². The molecule has 6 heteroatoms. The number of H-pyrrole nitrogens is 1. The lowest BCUT2D eigenvalue weighted by Crippen LogP contribution is -2.49. The molecule has 1 saturated carbocycles. The predicted octanol–water partition coefficient (Wildman–Crippen LogP) is 4.09. The summed E-state index contributed by atoms with van der Waals surface area (Å²) in [5.74, 6) is -0.158. The normalized spacial score (nSPS) is 23.5. The lowest BCUT2D eigenvalue weighted by Gasteiger charge is -2.38. The molecule has 0 spiro atoms. The fraction of sp³-hybridized carbons (Fsp3) is 0.579. The van der Waals surface area contributed by atoms with E-state index in [9.17, 15) is 13.6 Å². The minimum absolute atomic E-state index is 0.173. The van der Waals surface area contributed by atoms with Crippen molar-refractivity contribution < 1.29 is 13.6 Å². The second-order valence-corrected chi connectivity index (χ2v) is 7.40. The number of alkyl halides is 2. The van der Waals surface area contributed by atoms with Crippen LogP contribution in [0.3, 0.4) is 0 Å². The quantitative estimate of drug-likeness (QED) is 0.909. The Morgan fingerprint density at radius 2 is 2.12 bits per heavy atom. The van der Waals surface area contributed by atoms with Crippen LogP contribution in [-0.4, -0.2) is 40.3 Å². The molecular formula is C19H23F2N3O. The Bertz CT molecular complexity index is 767. The highest BCUT2D eigenvalue weighted by Gasteiger charge is 2.51.